The molecule has 1 amide bonds. The fourth-order valence-electron chi connectivity index (χ4n) is 1.97. The minimum Gasteiger partial charge on any atom is -0.337 e. The Morgan fingerprint density at radius 1 is 1.48 bits per heavy atom. The summed E-state index contributed by atoms with van der Waals surface area (Å²) in [6, 6.07) is 5.53. The molecular weight excluding hydrogens is 264 g/mol. The van der Waals surface area contributed by atoms with Crippen LogP contribution in [0, 0.1) is 18.8 Å². The van der Waals surface area contributed by atoms with Crippen LogP contribution in [0.2, 0.25) is 0 Å². The molecule has 0 aliphatic carbocycles. The largest absolute Gasteiger partial charge is 0.337 e. The molecule has 0 unspecified atom stereocenters. The first kappa shape index (κ1) is 14.8. The van der Waals surface area contributed by atoms with Crippen molar-refractivity contribution in [3.63, 3.8) is 0 Å². The third-order valence-corrected chi connectivity index (χ3v) is 3.13. The highest BCUT2D eigenvalue weighted by molar-refractivity contribution is 5.94. The van der Waals surface area contributed by atoms with Gasteiger partial charge in [0, 0.05) is 36.5 Å². The van der Waals surface area contributed by atoms with Crippen LogP contribution in [0.1, 0.15) is 27.0 Å². The zero-order chi connectivity index (χ0) is 15.2. The second-order valence-corrected chi connectivity index (χ2v) is 4.80. The van der Waals surface area contributed by atoms with Gasteiger partial charge in [-0.1, -0.05) is 17.9 Å². The topological polar surface area (TPSA) is 75.0 Å². The molecule has 0 aliphatic heterocycles. The summed E-state index contributed by atoms with van der Waals surface area (Å²) in [5.74, 6) is 5.76. The van der Waals surface area contributed by atoms with Crippen molar-refractivity contribution in [3.05, 3.63) is 52.8 Å². The van der Waals surface area contributed by atoms with Crippen LogP contribution in [-0.2, 0) is 6.54 Å². The average molecular weight is 282 g/mol. The van der Waals surface area contributed by atoms with Gasteiger partial charge in [-0.3, -0.25) is 9.89 Å². The molecule has 0 radical (unpaired) electrons. The maximum absolute atomic E-state index is 12.4. The van der Waals surface area contributed by atoms with Crippen LogP contribution in [0.3, 0.4) is 0 Å². The number of H-pyrrole nitrogens is 1. The number of nitrogens with one attached hydrogen (secondary N) is 1. The number of nitrogens with zero attached hydrogens (tertiary/aromatic N) is 2. The molecule has 0 spiro atoms. The standard InChI is InChI=1S/C16H18N4O/c1-12-5-6-15(8-14(12)4-3-7-17)16(21)20(2)11-13-9-18-19-10-13/h5-6,8-10H,7,11,17H2,1-2H3,(H,18,19). The highest BCUT2D eigenvalue weighted by Crippen LogP contribution is 2.13. The Bertz CT molecular complexity index is 680. The molecule has 0 fully saturated rings. The van der Waals surface area contributed by atoms with E-state index in [1.165, 1.54) is 0 Å². The molecule has 3 N–H and O–H groups in total. The van der Waals surface area contributed by atoms with Crippen LogP contribution < -0.4 is 5.73 Å². The van der Waals surface area contributed by atoms with E-state index >= 15 is 0 Å². The highest BCUT2D eigenvalue weighted by Gasteiger charge is 2.13. The Balaban J connectivity index is 2.18. The number of benzene rings is 1. The van der Waals surface area contributed by atoms with Gasteiger partial charge in [0.15, 0.2) is 0 Å². The summed E-state index contributed by atoms with van der Waals surface area (Å²) in [5, 5.41) is 6.61. The van der Waals surface area contributed by atoms with Gasteiger partial charge >= 0.3 is 0 Å². The molecule has 0 saturated carbocycles. The number of hydrogen-bond acceptors (Lipinski definition) is 3. The van der Waals surface area contributed by atoms with E-state index < -0.39 is 0 Å². The lowest BCUT2D eigenvalue weighted by Crippen LogP contribution is -2.26. The second kappa shape index (κ2) is 6.73. The van der Waals surface area contributed by atoms with Gasteiger partial charge < -0.3 is 10.6 Å². The third kappa shape index (κ3) is 3.71. The van der Waals surface area contributed by atoms with E-state index in [-0.39, 0.29) is 5.91 Å². The first-order valence-corrected chi connectivity index (χ1v) is 6.64. The second-order valence-electron chi connectivity index (χ2n) is 4.80. The van der Waals surface area contributed by atoms with Gasteiger partial charge in [-0.25, -0.2) is 0 Å². The van der Waals surface area contributed by atoms with E-state index in [1.807, 2.05) is 25.1 Å². The smallest absolute Gasteiger partial charge is 0.253 e. The molecule has 1 aromatic carbocycles. The predicted molar refractivity (Wildman–Crippen MR) is 81.5 cm³/mol. The quantitative estimate of drug-likeness (QED) is 0.833. The highest BCUT2D eigenvalue weighted by atomic mass is 16.2. The predicted octanol–water partition coefficient (Wildman–Crippen LogP) is 1.30. The summed E-state index contributed by atoms with van der Waals surface area (Å²) < 4.78 is 0. The Kier molecular flexibility index (Phi) is 4.75. The number of hydrogen-bond donors (Lipinski definition) is 2. The summed E-state index contributed by atoms with van der Waals surface area (Å²) in [5.41, 5.74) is 8.84. The molecule has 1 aromatic heterocycles. The molecule has 5 heteroatoms. The molecule has 108 valence electrons. The molecule has 0 atom stereocenters. The van der Waals surface area contributed by atoms with Gasteiger partial charge in [0.1, 0.15) is 0 Å². The summed E-state index contributed by atoms with van der Waals surface area (Å²) in [4.78, 5) is 14.1. The van der Waals surface area contributed by atoms with Gasteiger partial charge in [0.2, 0.25) is 0 Å². The summed E-state index contributed by atoms with van der Waals surface area (Å²) in [6.45, 7) is 2.77. The molecule has 0 saturated heterocycles. The molecular formula is C16H18N4O. The number of nitrogens with two attached hydrogens (primary N) is 1. The fraction of sp³-hybridized carbons (Fsp3) is 0.250. The molecule has 1 heterocycles. The number of aromatic nitrogens is 2. The average Bonchev–Trinajstić information content (AvgIpc) is 2.98. The maximum atomic E-state index is 12.4. The van der Waals surface area contributed by atoms with Gasteiger partial charge in [0.05, 0.1) is 12.7 Å². The zero-order valence-corrected chi connectivity index (χ0v) is 12.2. The number of carbonyl (C=O) groups excluding carboxylic acids is 1. The van der Waals surface area contributed by atoms with Crippen LogP contribution >= 0.6 is 0 Å². The monoisotopic (exact) mass is 282 g/mol. The molecule has 0 bridgehead atoms. The van der Waals surface area contributed by atoms with E-state index in [2.05, 4.69) is 22.0 Å². The summed E-state index contributed by atoms with van der Waals surface area (Å²) >= 11 is 0. The van der Waals surface area contributed by atoms with Crippen molar-refractivity contribution in [2.24, 2.45) is 5.73 Å². The number of aryl methyl sites for hydroxylation is 1. The number of aromatic amines is 1. The SMILES string of the molecule is Cc1ccc(C(=O)N(C)Cc2cn[nH]c2)cc1C#CCN. The molecule has 21 heavy (non-hydrogen) atoms. The maximum Gasteiger partial charge on any atom is 0.253 e. The fourth-order valence-corrected chi connectivity index (χ4v) is 1.97. The normalized spacial score (nSPS) is 9.86. The molecule has 5 nitrogen and oxygen atoms in total. The molecule has 2 rings (SSSR count). The Labute approximate surface area is 124 Å². The van der Waals surface area contributed by atoms with Crippen molar-refractivity contribution in [1.29, 1.82) is 0 Å². The van der Waals surface area contributed by atoms with Crippen LogP contribution in [0.25, 0.3) is 0 Å². The van der Waals surface area contributed by atoms with Crippen LogP contribution in [0.15, 0.2) is 30.6 Å². The van der Waals surface area contributed by atoms with Crippen LogP contribution in [0.5, 0.6) is 0 Å². The van der Waals surface area contributed by atoms with Crippen LogP contribution in [0.4, 0.5) is 0 Å². The minimum absolute atomic E-state index is 0.0491. The van der Waals surface area contributed by atoms with E-state index in [4.69, 9.17) is 5.73 Å². The first-order valence-electron chi connectivity index (χ1n) is 6.64. The molecule has 2 aromatic rings. The van der Waals surface area contributed by atoms with E-state index in [1.54, 1.807) is 24.3 Å². The summed E-state index contributed by atoms with van der Waals surface area (Å²) in [6.07, 6.45) is 3.48. The minimum atomic E-state index is -0.0491. The van der Waals surface area contributed by atoms with Crippen molar-refractivity contribution in [2.45, 2.75) is 13.5 Å². The van der Waals surface area contributed by atoms with E-state index in [0.29, 0.717) is 18.7 Å². The lowest BCUT2D eigenvalue weighted by molar-refractivity contribution is 0.0785. The Morgan fingerprint density at radius 2 is 2.29 bits per heavy atom. The lowest BCUT2D eigenvalue weighted by atomic mass is 10.0. The number of carbonyl (C=O) groups is 1. The molecule has 0 aliphatic rings. The van der Waals surface area contributed by atoms with Gasteiger partial charge in [-0.2, -0.15) is 5.10 Å². The number of amides is 1. The van der Waals surface area contributed by atoms with Crippen molar-refractivity contribution >= 4 is 5.91 Å². The Hall–Kier alpha value is -2.58. The lowest BCUT2D eigenvalue weighted by Gasteiger charge is -2.16. The van der Waals surface area contributed by atoms with Crippen molar-refractivity contribution < 1.29 is 4.79 Å². The Morgan fingerprint density at radius 3 is 2.95 bits per heavy atom. The third-order valence-electron chi connectivity index (χ3n) is 3.13. The number of rotatable bonds is 3. The van der Waals surface area contributed by atoms with Crippen molar-refractivity contribution in [1.82, 2.24) is 15.1 Å². The van der Waals surface area contributed by atoms with Crippen molar-refractivity contribution in [2.75, 3.05) is 13.6 Å². The zero-order valence-electron chi connectivity index (χ0n) is 12.2. The van der Waals surface area contributed by atoms with E-state index in [9.17, 15) is 4.79 Å². The van der Waals surface area contributed by atoms with Gasteiger partial charge in [0.25, 0.3) is 5.91 Å². The van der Waals surface area contributed by atoms with E-state index in [0.717, 1.165) is 16.7 Å². The van der Waals surface area contributed by atoms with Gasteiger partial charge in [-0.05, 0) is 24.6 Å². The van der Waals surface area contributed by atoms with Gasteiger partial charge in [-0.15, -0.1) is 0 Å². The van der Waals surface area contributed by atoms with Crippen LogP contribution in [-0.4, -0.2) is 34.6 Å². The summed E-state index contributed by atoms with van der Waals surface area (Å²) in [7, 11) is 1.76. The first-order chi connectivity index (χ1) is 10.1. The van der Waals surface area contributed by atoms with Crippen molar-refractivity contribution in [3.8, 4) is 11.8 Å².